The summed E-state index contributed by atoms with van der Waals surface area (Å²) in [5.74, 6) is 0.978. The molecule has 0 radical (unpaired) electrons. The number of benzene rings is 1. The molecule has 28 heavy (non-hydrogen) atoms. The van der Waals surface area contributed by atoms with Crippen LogP contribution >= 0.6 is 11.3 Å². The van der Waals surface area contributed by atoms with Crippen LogP contribution in [-0.4, -0.2) is 49.0 Å². The monoisotopic (exact) mass is 404 g/mol. The highest BCUT2D eigenvalue weighted by Gasteiger charge is 2.26. The van der Waals surface area contributed by atoms with Gasteiger partial charge < -0.3 is 25.4 Å². The van der Waals surface area contributed by atoms with Gasteiger partial charge in [-0.25, -0.2) is 4.98 Å². The summed E-state index contributed by atoms with van der Waals surface area (Å²) in [4.78, 5) is 30.0. The van der Waals surface area contributed by atoms with Crippen molar-refractivity contribution in [1.29, 1.82) is 0 Å². The van der Waals surface area contributed by atoms with E-state index in [2.05, 4.69) is 10.3 Å². The molecule has 0 atom stereocenters. The fraction of sp³-hybridized carbons (Fsp3) is 0.421. The zero-order chi connectivity index (χ0) is 20.1. The Kier molecular flexibility index (Phi) is 6.35. The largest absolute Gasteiger partial charge is 0.497 e. The van der Waals surface area contributed by atoms with Gasteiger partial charge in [-0.2, -0.15) is 0 Å². The molecule has 0 saturated carbocycles. The van der Waals surface area contributed by atoms with Gasteiger partial charge in [-0.1, -0.05) is 0 Å². The zero-order valence-corrected chi connectivity index (χ0v) is 16.8. The number of nitrogens with two attached hydrogens (primary N) is 1. The van der Waals surface area contributed by atoms with Crippen molar-refractivity contribution in [3.8, 4) is 11.5 Å². The number of carbonyl (C=O) groups excluding carboxylic acids is 2. The average Bonchev–Trinajstić information content (AvgIpc) is 3.14. The summed E-state index contributed by atoms with van der Waals surface area (Å²) in [6, 6.07) is 5.46. The third-order valence-corrected chi connectivity index (χ3v) is 5.59. The number of methoxy groups -OCH3 is 2. The van der Waals surface area contributed by atoms with Crippen molar-refractivity contribution in [3.05, 3.63) is 29.3 Å². The van der Waals surface area contributed by atoms with Gasteiger partial charge >= 0.3 is 0 Å². The standard InChI is InChI=1S/C19H24N4O4S/c1-26-14-3-4-16(27-2)15(10-14)22-19-21-13(11-28-19)9-17(24)23-7-5-12(6-8-23)18(20)25/h3-4,10-12H,5-9H2,1-2H3,(H2,20,25)(H,21,22). The first kappa shape index (κ1) is 19.9. The first-order valence-corrected chi connectivity index (χ1v) is 9.88. The molecule has 1 saturated heterocycles. The van der Waals surface area contributed by atoms with E-state index in [1.54, 1.807) is 19.1 Å². The minimum Gasteiger partial charge on any atom is -0.497 e. The summed E-state index contributed by atoms with van der Waals surface area (Å²) in [6.07, 6.45) is 1.48. The van der Waals surface area contributed by atoms with E-state index in [-0.39, 0.29) is 24.2 Å². The lowest BCUT2D eigenvalue weighted by Crippen LogP contribution is -2.42. The van der Waals surface area contributed by atoms with Gasteiger partial charge in [0.1, 0.15) is 11.5 Å². The van der Waals surface area contributed by atoms with Gasteiger partial charge in [-0.05, 0) is 25.0 Å². The van der Waals surface area contributed by atoms with Gasteiger partial charge in [0.05, 0.1) is 32.0 Å². The van der Waals surface area contributed by atoms with Crippen LogP contribution in [0.1, 0.15) is 18.5 Å². The van der Waals surface area contributed by atoms with Crippen LogP contribution in [0.15, 0.2) is 23.6 Å². The summed E-state index contributed by atoms with van der Waals surface area (Å²) in [6.45, 7) is 1.12. The average molecular weight is 404 g/mol. The Bertz CT molecular complexity index is 846. The zero-order valence-electron chi connectivity index (χ0n) is 15.9. The maximum Gasteiger partial charge on any atom is 0.228 e. The number of ether oxygens (including phenoxy) is 2. The van der Waals surface area contributed by atoms with Crippen LogP contribution in [0.3, 0.4) is 0 Å². The van der Waals surface area contributed by atoms with Crippen molar-refractivity contribution in [2.24, 2.45) is 11.7 Å². The predicted molar refractivity (Wildman–Crippen MR) is 107 cm³/mol. The van der Waals surface area contributed by atoms with Crippen molar-refractivity contribution >= 4 is 34.0 Å². The van der Waals surface area contributed by atoms with E-state index >= 15 is 0 Å². The SMILES string of the molecule is COc1ccc(OC)c(Nc2nc(CC(=O)N3CCC(C(N)=O)CC3)cs2)c1. The summed E-state index contributed by atoms with van der Waals surface area (Å²) < 4.78 is 10.6. The third-order valence-electron chi connectivity index (χ3n) is 4.78. The Morgan fingerprint density at radius 2 is 2.04 bits per heavy atom. The van der Waals surface area contributed by atoms with Gasteiger partial charge in [-0.15, -0.1) is 11.3 Å². The summed E-state index contributed by atoms with van der Waals surface area (Å²) >= 11 is 1.42. The smallest absolute Gasteiger partial charge is 0.228 e. The molecule has 1 aromatic carbocycles. The highest BCUT2D eigenvalue weighted by molar-refractivity contribution is 7.13. The summed E-state index contributed by atoms with van der Waals surface area (Å²) in [5.41, 5.74) is 6.79. The fourth-order valence-corrected chi connectivity index (χ4v) is 3.88. The van der Waals surface area contributed by atoms with E-state index in [0.29, 0.717) is 48.3 Å². The molecule has 150 valence electrons. The molecule has 0 spiro atoms. The first-order chi connectivity index (χ1) is 13.5. The van der Waals surface area contributed by atoms with Gasteiger partial charge in [0.25, 0.3) is 0 Å². The molecule has 3 rings (SSSR count). The van der Waals surface area contributed by atoms with Crippen molar-refractivity contribution < 1.29 is 19.1 Å². The lowest BCUT2D eigenvalue weighted by molar-refractivity contribution is -0.134. The fourth-order valence-electron chi connectivity index (χ4n) is 3.15. The second kappa shape index (κ2) is 8.92. The molecule has 1 aromatic heterocycles. The Morgan fingerprint density at radius 1 is 1.29 bits per heavy atom. The minimum atomic E-state index is -0.282. The Morgan fingerprint density at radius 3 is 2.68 bits per heavy atom. The van der Waals surface area contributed by atoms with Crippen molar-refractivity contribution in [2.75, 3.05) is 32.6 Å². The van der Waals surface area contributed by atoms with E-state index in [1.807, 2.05) is 23.6 Å². The second-order valence-electron chi connectivity index (χ2n) is 6.57. The number of piperidine rings is 1. The number of aromatic nitrogens is 1. The lowest BCUT2D eigenvalue weighted by Gasteiger charge is -2.30. The van der Waals surface area contributed by atoms with E-state index < -0.39 is 0 Å². The molecule has 0 aliphatic carbocycles. The Labute approximate surface area is 167 Å². The van der Waals surface area contributed by atoms with E-state index in [1.165, 1.54) is 11.3 Å². The van der Waals surface area contributed by atoms with Gasteiger partial charge in [0.15, 0.2) is 5.13 Å². The first-order valence-electron chi connectivity index (χ1n) is 9.00. The number of primary amides is 1. The molecule has 9 heteroatoms. The quantitative estimate of drug-likeness (QED) is 0.732. The van der Waals surface area contributed by atoms with E-state index in [0.717, 1.165) is 5.69 Å². The van der Waals surface area contributed by atoms with Gasteiger partial charge in [-0.3, -0.25) is 9.59 Å². The van der Waals surface area contributed by atoms with Crippen LogP contribution in [0.25, 0.3) is 0 Å². The van der Waals surface area contributed by atoms with Gasteiger partial charge in [0.2, 0.25) is 11.8 Å². The van der Waals surface area contributed by atoms with Crippen molar-refractivity contribution in [1.82, 2.24) is 9.88 Å². The van der Waals surface area contributed by atoms with Crippen LogP contribution in [0.5, 0.6) is 11.5 Å². The molecule has 1 aliphatic heterocycles. The number of hydrogen-bond donors (Lipinski definition) is 2. The molecular weight excluding hydrogens is 380 g/mol. The molecule has 3 N–H and O–H groups in total. The van der Waals surface area contributed by atoms with Crippen molar-refractivity contribution in [3.63, 3.8) is 0 Å². The molecule has 1 fully saturated rings. The molecule has 0 bridgehead atoms. The van der Waals surface area contributed by atoms with Crippen LogP contribution in [0.2, 0.25) is 0 Å². The number of carbonyl (C=O) groups is 2. The summed E-state index contributed by atoms with van der Waals surface area (Å²) in [7, 11) is 3.20. The number of thiazole rings is 1. The summed E-state index contributed by atoms with van der Waals surface area (Å²) in [5, 5.41) is 5.75. The molecule has 1 aliphatic rings. The van der Waals surface area contributed by atoms with Crippen LogP contribution < -0.4 is 20.5 Å². The van der Waals surface area contributed by atoms with E-state index in [4.69, 9.17) is 15.2 Å². The van der Waals surface area contributed by atoms with Gasteiger partial charge in [0, 0.05) is 30.5 Å². The number of nitrogens with one attached hydrogen (secondary N) is 1. The number of likely N-dealkylation sites (tertiary alicyclic amines) is 1. The molecule has 8 nitrogen and oxygen atoms in total. The normalized spacial score (nSPS) is 14.6. The highest BCUT2D eigenvalue weighted by atomic mass is 32.1. The molecule has 2 aromatic rings. The van der Waals surface area contributed by atoms with Crippen LogP contribution in [-0.2, 0) is 16.0 Å². The second-order valence-corrected chi connectivity index (χ2v) is 7.43. The minimum absolute atomic E-state index is 0.0127. The number of nitrogens with zero attached hydrogens (tertiary/aromatic N) is 2. The van der Waals surface area contributed by atoms with Crippen LogP contribution in [0, 0.1) is 5.92 Å². The maximum atomic E-state index is 12.5. The molecule has 0 unspecified atom stereocenters. The van der Waals surface area contributed by atoms with Crippen LogP contribution in [0.4, 0.5) is 10.8 Å². The number of anilines is 2. The topological polar surface area (TPSA) is 107 Å². The third kappa shape index (κ3) is 4.72. The van der Waals surface area contributed by atoms with Crippen molar-refractivity contribution in [2.45, 2.75) is 19.3 Å². The predicted octanol–water partition coefficient (Wildman–Crippen LogP) is 2.17. The van der Waals surface area contributed by atoms with E-state index in [9.17, 15) is 9.59 Å². The lowest BCUT2D eigenvalue weighted by atomic mass is 9.96. The number of rotatable bonds is 7. The molecule has 2 amide bonds. The number of hydrogen-bond acceptors (Lipinski definition) is 7. The molecule has 2 heterocycles. The Hall–Kier alpha value is -2.81. The maximum absolute atomic E-state index is 12.5. The Balaban J connectivity index is 1.60. The molecular formula is C19H24N4O4S. The highest BCUT2D eigenvalue weighted by Crippen LogP contribution is 2.32. The number of amides is 2.